The summed E-state index contributed by atoms with van der Waals surface area (Å²) in [5, 5.41) is 2.88. The summed E-state index contributed by atoms with van der Waals surface area (Å²) >= 11 is 0. The maximum atomic E-state index is 11.8. The van der Waals surface area contributed by atoms with Crippen LogP contribution in [0.3, 0.4) is 0 Å². The molecule has 0 aromatic heterocycles. The number of carbonyl (C=O) groups excluding carboxylic acids is 1. The van der Waals surface area contributed by atoms with E-state index in [0.29, 0.717) is 24.5 Å². The molecule has 0 aliphatic carbocycles. The van der Waals surface area contributed by atoms with E-state index < -0.39 is 0 Å². The number of rotatable bonds is 7. The molecule has 5 heteroatoms. The number of nitrogens with two attached hydrogens (primary N) is 1. The summed E-state index contributed by atoms with van der Waals surface area (Å²) in [4.78, 5) is 11.8. The summed E-state index contributed by atoms with van der Waals surface area (Å²) in [7, 11) is 3.16. The first-order valence-electron chi connectivity index (χ1n) is 6.35. The summed E-state index contributed by atoms with van der Waals surface area (Å²) in [6, 6.07) is 3.61. The maximum Gasteiger partial charge on any atom is 0.224 e. The Labute approximate surface area is 114 Å². The van der Waals surface area contributed by atoms with Gasteiger partial charge in [-0.2, -0.15) is 0 Å². The lowest BCUT2D eigenvalue weighted by Gasteiger charge is -2.13. The molecule has 0 atom stereocenters. The van der Waals surface area contributed by atoms with Crippen LogP contribution in [-0.2, 0) is 4.79 Å². The first kappa shape index (κ1) is 15.3. The molecule has 0 saturated carbocycles. The fourth-order valence-corrected chi connectivity index (χ4v) is 1.76. The predicted molar refractivity (Wildman–Crippen MR) is 75.8 cm³/mol. The van der Waals surface area contributed by atoms with Crippen LogP contribution in [0.4, 0.5) is 5.69 Å². The number of hydrogen-bond acceptors (Lipinski definition) is 4. The molecule has 19 heavy (non-hydrogen) atoms. The zero-order chi connectivity index (χ0) is 14.3. The second-order valence-corrected chi connectivity index (χ2v) is 4.32. The number of hydrogen-bond donors (Lipinski definition) is 2. The van der Waals surface area contributed by atoms with Crippen molar-refractivity contribution in [3.63, 3.8) is 0 Å². The zero-order valence-electron chi connectivity index (χ0n) is 11.8. The zero-order valence-corrected chi connectivity index (χ0v) is 11.8. The van der Waals surface area contributed by atoms with Gasteiger partial charge in [-0.3, -0.25) is 4.79 Å². The van der Waals surface area contributed by atoms with Gasteiger partial charge < -0.3 is 20.5 Å². The van der Waals surface area contributed by atoms with Gasteiger partial charge in [-0.05, 0) is 37.9 Å². The monoisotopic (exact) mass is 266 g/mol. The Hall–Kier alpha value is -1.75. The van der Waals surface area contributed by atoms with Crippen LogP contribution in [0.1, 0.15) is 24.8 Å². The highest BCUT2D eigenvalue weighted by Gasteiger charge is 2.10. The van der Waals surface area contributed by atoms with Crippen molar-refractivity contribution in [1.29, 1.82) is 0 Å². The maximum absolute atomic E-state index is 11.8. The Balaban J connectivity index is 2.75. The molecule has 0 heterocycles. The average molecular weight is 266 g/mol. The van der Waals surface area contributed by atoms with Gasteiger partial charge in [0, 0.05) is 18.2 Å². The lowest BCUT2D eigenvalue weighted by molar-refractivity contribution is -0.116. The number of unbranched alkanes of at least 4 members (excludes halogenated alkanes) is 1. The van der Waals surface area contributed by atoms with E-state index in [1.165, 1.54) is 0 Å². The van der Waals surface area contributed by atoms with Crippen LogP contribution in [0.15, 0.2) is 12.1 Å². The van der Waals surface area contributed by atoms with Crippen LogP contribution in [0.5, 0.6) is 11.5 Å². The van der Waals surface area contributed by atoms with Crippen molar-refractivity contribution in [1.82, 2.24) is 0 Å². The second-order valence-electron chi connectivity index (χ2n) is 4.32. The van der Waals surface area contributed by atoms with E-state index in [4.69, 9.17) is 15.2 Å². The molecule has 1 aromatic carbocycles. The highest BCUT2D eigenvalue weighted by molar-refractivity contribution is 5.91. The largest absolute Gasteiger partial charge is 0.493 e. The Morgan fingerprint density at radius 2 is 1.84 bits per heavy atom. The van der Waals surface area contributed by atoms with Crippen molar-refractivity contribution in [3.05, 3.63) is 17.7 Å². The standard InChI is InChI=1S/C14H22N2O3/c1-10-8-12(18-2)13(19-3)9-11(10)16-14(17)6-4-5-7-15/h8-9H,4-7,15H2,1-3H3,(H,16,17). The van der Waals surface area contributed by atoms with Crippen LogP contribution in [0.2, 0.25) is 0 Å². The van der Waals surface area contributed by atoms with Gasteiger partial charge in [0.05, 0.1) is 14.2 Å². The van der Waals surface area contributed by atoms with E-state index in [1.807, 2.05) is 13.0 Å². The van der Waals surface area contributed by atoms with Gasteiger partial charge in [0.25, 0.3) is 0 Å². The number of benzene rings is 1. The molecule has 0 radical (unpaired) electrons. The van der Waals surface area contributed by atoms with Gasteiger partial charge in [0.2, 0.25) is 5.91 Å². The molecule has 0 fully saturated rings. The molecule has 1 rings (SSSR count). The van der Waals surface area contributed by atoms with Crippen LogP contribution in [0, 0.1) is 6.92 Å². The van der Waals surface area contributed by atoms with E-state index in [1.54, 1.807) is 20.3 Å². The van der Waals surface area contributed by atoms with Crippen LogP contribution < -0.4 is 20.5 Å². The quantitative estimate of drug-likeness (QED) is 0.741. The van der Waals surface area contributed by atoms with Crippen LogP contribution in [-0.4, -0.2) is 26.7 Å². The van der Waals surface area contributed by atoms with Gasteiger partial charge in [-0.1, -0.05) is 0 Å². The third-order valence-corrected chi connectivity index (χ3v) is 2.86. The minimum Gasteiger partial charge on any atom is -0.493 e. The number of aryl methyl sites for hydroxylation is 1. The van der Waals surface area contributed by atoms with E-state index in [0.717, 1.165) is 24.1 Å². The molecule has 0 bridgehead atoms. The molecular formula is C14H22N2O3. The second kappa shape index (κ2) is 7.63. The molecule has 0 saturated heterocycles. The number of anilines is 1. The molecule has 0 spiro atoms. The SMILES string of the molecule is COc1cc(C)c(NC(=O)CCCCN)cc1OC. The molecule has 0 aliphatic heterocycles. The Kier molecular flexibility index (Phi) is 6.15. The average Bonchev–Trinajstić information content (AvgIpc) is 2.40. The van der Waals surface area contributed by atoms with E-state index in [2.05, 4.69) is 5.32 Å². The number of amides is 1. The first-order chi connectivity index (χ1) is 9.12. The van der Waals surface area contributed by atoms with Crippen molar-refractivity contribution in [3.8, 4) is 11.5 Å². The highest BCUT2D eigenvalue weighted by atomic mass is 16.5. The Morgan fingerprint density at radius 1 is 1.21 bits per heavy atom. The molecule has 106 valence electrons. The number of ether oxygens (including phenoxy) is 2. The summed E-state index contributed by atoms with van der Waals surface area (Å²) in [6.07, 6.45) is 2.14. The lowest BCUT2D eigenvalue weighted by atomic mass is 10.1. The topological polar surface area (TPSA) is 73.6 Å². The van der Waals surface area contributed by atoms with Gasteiger partial charge in [0.15, 0.2) is 11.5 Å². The molecule has 0 aliphatic rings. The number of carbonyl (C=O) groups is 1. The summed E-state index contributed by atoms with van der Waals surface area (Å²) in [5.74, 6) is 1.25. The molecule has 1 amide bonds. The fourth-order valence-electron chi connectivity index (χ4n) is 1.76. The first-order valence-corrected chi connectivity index (χ1v) is 6.35. The highest BCUT2D eigenvalue weighted by Crippen LogP contribution is 2.32. The van der Waals surface area contributed by atoms with Gasteiger partial charge in [-0.25, -0.2) is 0 Å². The van der Waals surface area contributed by atoms with Gasteiger partial charge in [-0.15, -0.1) is 0 Å². The summed E-state index contributed by atoms with van der Waals surface area (Å²) in [6.45, 7) is 2.53. The third-order valence-electron chi connectivity index (χ3n) is 2.86. The number of methoxy groups -OCH3 is 2. The molecule has 1 aromatic rings. The molecular weight excluding hydrogens is 244 g/mol. The molecule has 5 nitrogen and oxygen atoms in total. The van der Waals surface area contributed by atoms with Gasteiger partial charge >= 0.3 is 0 Å². The van der Waals surface area contributed by atoms with Crippen molar-refractivity contribution in [2.24, 2.45) is 5.73 Å². The predicted octanol–water partition coefficient (Wildman–Crippen LogP) is 2.08. The van der Waals surface area contributed by atoms with E-state index in [9.17, 15) is 4.79 Å². The third kappa shape index (κ3) is 4.44. The molecule has 0 unspecified atom stereocenters. The van der Waals surface area contributed by atoms with Crippen LogP contribution >= 0.6 is 0 Å². The Morgan fingerprint density at radius 3 is 2.42 bits per heavy atom. The number of nitrogens with one attached hydrogen (secondary N) is 1. The summed E-state index contributed by atoms with van der Waals surface area (Å²) in [5.41, 5.74) is 7.08. The smallest absolute Gasteiger partial charge is 0.224 e. The van der Waals surface area contributed by atoms with Crippen molar-refractivity contribution in [2.45, 2.75) is 26.2 Å². The lowest BCUT2D eigenvalue weighted by Crippen LogP contribution is -2.13. The minimum atomic E-state index is -0.0104. The van der Waals surface area contributed by atoms with Crippen molar-refractivity contribution < 1.29 is 14.3 Å². The minimum absolute atomic E-state index is 0.0104. The normalized spacial score (nSPS) is 10.1. The molecule has 3 N–H and O–H groups in total. The van der Waals surface area contributed by atoms with E-state index >= 15 is 0 Å². The van der Waals surface area contributed by atoms with Crippen molar-refractivity contribution >= 4 is 11.6 Å². The fraction of sp³-hybridized carbons (Fsp3) is 0.500. The van der Waals surface area contributed by atoms with E-state index in [-0.39, 0.29) is 5.91 Å². The summed E-state index contributed by atoms with van der Waals surface area (Å²) < 4.78 is 10.4. The van der Waals surface area contributed by atoms with Crippen LogP contribution in [0.25, 0.3) is 0 Å². The van der Waals surface area contributed by atoms with Gasteiger partial charge in [0.1, 0.15) is 0 Å². The Bertz CT molecular complexity index is 433. The van der Waals surface area contributed by atoms with Crippen molar-refractivity contribution in [2.75, 3.05) is 26.1 Å².